The van der Waals surface area contributed by atoms with Gasteiger partial charge >= 0.3 is 17.9 Å². The van der Waals surface area contributed by atoms with Crippen molar-refractivity contribution in [2.75, 3.05) is 13.2 Å². The molecule has 0 aromatic carbocycles. The van der Waals surface area contributed by atoms with E-state index in [2.05, 4.69) is 118 Å². The van der Waals surface area contributed by atoms with Gasteiger partial charge in [-0.1, -0.05) is 201 Å². The molecule has 0 saturated heterocycles. The van der Waals surface area contributed by atoms with Crippen molar-refractivity contribution in [2.45, 2.75) is 232 Å². The highest BCUT2D eigenvalue weighted by atomic mass is 16.6. The van der Waals surface area contributed by atoms with Gasteiger partial charge in [0.25, 0.3) is 0 Å². The maximum Gasteiger partial charge on any atom is 0.306 e. The summed E-state index contributed by atoms with van der Waals surface area (Å²) >= 11 is 0. The molecule has 368 valence electrons. The highest BCUT2D eigenvalue weighted by molar-refractivity contribution is 5.71. The van der Waals surface area contributed by atoms with E-state index in [9.17, 15) is 14.4 Å². The zero-order chi connectivity index (χ0) is 47.2. The number of unbranched alkanes of at least 4 members (excludes halogenated alkanes) is 17. The Kier molecular flexibility index (Phi) is 49.5. The van der Waals surface area contributed by atoms with Crippen molar-refractivity contribution in [3.05, 3.63) is 109 Å². The third-order valence-corrected chi connectivity index (χ3v) is 10.7. The average Bonchev–Trinajstić information content (AvgIpc) is 3.30. The van der Waals surface area contributed by atoms with Gasteiger partial charge in [0.05, 0.1) is 0 Å². The summed E-state index contributed by atoms with van der Waals surface area (Å²) in [4.78, 5) is 37.9. The highest BCUT2D eigenvalue weighted by Gasteiger charge is 2.19. The molecule has 6 heteroatoms. The van der Waals surface area contributed by atoms with E-state index in [0.29, 0.717) is 19.3 Å². The number of carbonyl (C=O) groups excluding carboxylic acids is 3. The Morgan fingerprint density at radius 1 is 0.308 bits per heavy atom. The van der Waals surface area contributed by atoms with Gasteiger partial charge in [0, 0.05) is 19.3 Å². The number of rotatable bonds is 46. The first-order valence-electron chi connectivity index (χ1n) is 26.4. The Morgan fingerprint density at radius 3 is 0.985 bits per heavy atom. The third-order valence-electron chi connectivity index (χ3n) is 10.7. The first-order chi connectivity index (χ1) is 32.0. The van der Waals surface area contributed by atoms with Crippen LogP contribution in [0.1, 0.15) is 226 Å². The summed E-state index contributed by atoms with van der Waals surface area (Å²) in [6.07, 6.45) is 70.8. The Balaban J connectivity index is 4.55. The van der Waals surface area contributed by atoms with Crippen LogP contribution >= 0.6 is 0 Å². The minimum atomic E-state index is -0.831. The van der Waals surface area contributed by atoms with E-state index in [0.717, 1.165) is 103 Å². The van der Waals surface area contributed by atoms with Crippen LogP contribution in [0.5, 0.6) is 0 Å². The van der Waals surface area contributed by atoms with Crippen LogP contribution in [0.4, 0.5) is 0 Å². The van der Waals surface area contributed by atoms with Crippen LogP contribution in [0.25, 0.3) is 0 Å². The molecule has 0 aromatic rings. The van der Waals surface area contributed by atoms with Crippen molar-refractivity contribution in [3.63, 3.8) is 0 Å². The topological polar surface area (TPSA) is 78.9 Å². The predicted molar refractivity (Wildman–Crippen MR) is 279 cm³/mol. The van der Waals surface area contributed by atoms with Crippen molar-refractivity contribution < 1.29 is 28.6 Å². The Bertz CT molecular complexity index is 1360. The van der Waals surface area contributed by atoms with Crippen molar-refractivity contribution in [1.82, 2.24) is 0 Å². The second-order valence-corrected chi connectivity index (χ2v) is 17.1. The number of esters is 3. The largest absolute Gasteiger partial charge is 0.462 e. The zero-order valence-electron chi connectivity index (χ0n) is 42.0. The van der Waals surface area contributed by atoms with Crippen LogP contribution in [0.2, 0.25) is 0 Å². The summed E-state index contributed by atoms with van der Waals surface area (Å²) in [5.74, 6) is -1.04. The van der Waals surface area contributed by atoms with Gasteiger partial charge in [0.2, 0.25) is 0 Å². The van der Waals surface area contributed by atoms with Gasteiger partial charge in [-0.15, -0.1) is 0 Å². The molecule has 1 atom stereocenters. The lowest BCUT2D eigenvalue weighted by molar-refractivity contribution is -0.166. The maximum atomic E-state index is 12.8. The van der Waals surface area contributed by atoms with Gasteiger partial charge in [0.15, 0.2) is 6.10 Å². The average molecular weight is 901 g/mol. The quantitative estimate of drug-likeness (QED) is 0.0262. The van der Waals surface area contributed by atoms with Crippen LogP contribution in [-0.2, 0) is 28.6 Å². The van der Waals surface area contributed by atoms with E-state index in [1.165, 1.54) is 77.0 Å². The summed E-state index contributed by atoms with van der Waals surface area (Å²) < 4.78 is 16.7. The first-order valence-corrected chi connectivity index (χ1v) is 26.4. The monoisotopic (exact) mass is 901 g/mol. The minimum absolute atomic E-state index is 0.121. The second-order valence-electron chi connectivity index (χ2n) is 17.1. The molecule has 0 heterocycles. The Hall–Kier alpha value is -3.93. The predicted octanol–water partition coefficient (Wildman–Crippen LogP) is 17.5. The standard InChI is InChI=1S/C59H96O6/c1-4-7-10-13-16-19-22-24-26-28-29-31-33-35-38-41-44-47-50-53-59(62)65-56(54-63-57(60)51-48-45-42-39-36-21-18-15-12-9-6-3)55-64-58(61)52-49-46-43-40-37-34-32-30-27-25-23-20-17-14-11-8-5-2/h15-20,24-27,29,31-32,34-35,38,44,47,56H,4-14,21-23,28,30,33,36-37,39-43,45-46,48-55H2,1-3H3/b18-15-,19-16-,20-17-,26-24-,27-25-,31-29-,34-32-,38-35-,47-44-/t56-/m0/s1. The molecule has 0 bridgehead atoms. The molecular formula is C59H96O6. The lowest BCUT2D eigenvalue weighted by Crippen LogP contribution is -2.30. The fraction of sp³-hybridized carbons (Fsp3) is 0.644. The summed E-state index contributed by atoms with van der Waals surface area (Å²) in [5.41, 5.74) is 0. The Morgan fingerprint density at radius 2 is 0.600 bits per heavy atom. The van der Waals surface area contributed by atoms with Gasteiger partial charge < -0.3 is 14.2 Å². The number of carbonyl (C=O) groups is 3. The molecule has 0 aliphatic carbocycles. The van der Waals surface area contributed by atoms with Crippen molar-refractivity contribution in [1.29, 1.82) is 0 Å². The van der Waals surface area contributed by atoms with Gasteiger partial charge in [-0.05, 0) is 116 Å². The van der Waals surface area contributed by atoms with E-state index in [1.807, 2.05) is 12.2 Å². The fourth-order valence-corrected chi connectivity index (χ4v) is 6.70. The SMILES string of the molecule is CCCC/C=C\CCCCCCCC(=O)OC[C@@H](COC(=O)CCCCCC/C=C\C/C=C\C/C=C\CCCCC)OC(=O)CC/C=C\C/C=C\C/C=C\C/C=C\C/C=C\CCCCC. The van der Waals surface area contributed by atoms with Crippen LogP contribution in [0.15, 0.2) is 109 Å². The summed E-state index contributed by atoms with van der Waals surface area (Å²) in [6.45, 7) is 6.44. The first kappa shape index (κ1) is 61.1. The molecule has 0 aromatic heterocycles. The molecule has 0 radical (unpaired) electrons. The lowest BCUT2D eigenvalue weighted by Gasteiger charge is -2.18. The number of hydrogen-bond donors (Lipinski definition) is 0. The van der Waals surface area contributed by atoms with Crippen LogP contribution < -0.4 is 0 Å². The van der Waals surface area contributed by atoms with Crippen molar-refractivity contribution in [2.24, 2.45) is 0 Å². The van der Waals surface area contributed by atoms with Crippen molar-refractivity contribution in [3.8, 4) is 0 Å². The fourth-order valence-electron chi connectivity index (χ4n) is 6.70. The molecule has 0 rings (SSSR count). The van der Waals surface area contributed by atoms with Gasteiger partial charge in [0.1, 0.15) is 13.2 Å². The molecule has 0 saturated carbocycles. The molecule has 0 N–H and O–H groups in total. The molecular weight excluding hydrogens is 805 g/mol. The van der Waals surface area contributed by atoms with E-state index in [-0.39, 0.29) is 31.6 Å². The molecule has 6 nitrogen and oxygen atoms in total. The normalized spacial score (nSPS) is 13.0. The molecule has 0 aliphatic heterocycles. The smallest absolute Gasteiger partial charge is 0.306 e. The molecule has 0 aliphatic rings. The summed E-state index contributed by atoms with van der Waals surface area (Å²) in [7, 11) is 0. The van der Waals surface area contributed by atoms with E-state index < -0.39 is 12.1 Å². The van der Waals surface area contributed by atoms with E-state index in [4.69, 9.17) is 14.2 Å². The second kappa shape index (κ2) is 52.7. The third kappa shape index (κ3) is 50.9. The highest BCUT2D eigenvalue weighted by Crippen LogP contribution is 2.12. The van der Waals surface area contributed by atoms with E-state index >= 15 is 0 Å². The minimum Gasteiger partial charge on any atom is -0.462 e. The number of hydrogen-bond acceptors (Lipinski definition) is 6. The Labute approximate surface area is 400 Å². The lowest BCUT2D eigenvalue weighted by atomic mass is 10.1. The zero-order valence-corrected chi connectivity index (χ0v) is 42.0. The van der Waals surface area contributed by atoms with Gasteiger partial charge in [-0.3, -0.25) is 14.4 Å². The molecule has 65 heavy (non-hydrogen) atoms. The number of ether oxygens (including phenoxy) is 3. The van der Waals surface area contributed by atoms with E-state index in [1.54, 1.807) is 0 Å². The van der Waals surface area contributed by atoms with Gasteiger partial charge in [-0.25, -0.2) is 0 Å². The molecule has 0 fully saturated rings. The molecule has 0 unspecified atom stereocenters. The molecule has 0 spiro atoms. The molecule has 0 amide bonds. The van der Waals surface area contributed by atoms with Crippen LogP contribution in [0.3, 0.4) is 0 Å². The maximum absolute atomic E-state index is 12.8. The van der Waals surface area contributed by atoms with Crippen LogP contribution in [0, 0.1) is 0 Å². The van der Waals surface area contributed by atoms with Crippen LogP contribution in [-0.4, -0.2) is 37.2 Å². The number of allylic oxidation sites excluding steroid dienone is 18. The summed E-state index contributed by atoms with van der Waals surface area (Å²) in [5, 5.41) is 0. The van der Waals surface area contributed by atoms with Crippen molar-refractivity contribution >= 4 is 17.9 Å². The summed E-state index contributed by atoms with van der Waals surface area (Å²) in [6, 6.07) is 0. The van der Waals surface area contributed by atoms with Gasteiger partial charge in [-0.2, -0.15) is 0 Å².